The molecule has 0 fully saturated rings. The zero-order valence-corrected chi connectivity index (χ0v) is 12.4. The number of hydrogen-bond donors (Lipinski definition) is 1. The van der Waals surface area contributed by atoms with Crippen molar-refractivity contribution in [2.24, 2.45) is 0 Å². The Labute approximate surface area is 135 Å². The summed E-state index contributed by atoms with van der Waals surface area (Å²) in [6, 6.07) is 8.68. The number of anilines is 1. The van der Waals surface area contributed by atoms with Gasteiger partial charge < -0.3 is 14.8 Å². The highest BCUT2D eigenvalue weighted by Gasteiger charge is 2.17. The van der Waals surface area contributed by atoms with Crippen LogP contribution in [-0.4, -0.2) is 25.6 Å². The molecule has 126 valence electrons. The Morgan fingerprint density at radius 2 is 1.79 bits per heavy atom. The largest absolute Gasteiger partial charge is 0.465 e. The van der Waals surface area contributed by atoms with Crippen LogP contribution < -0.4 is 10.1 Å². The summed E-state index contributed by atoms with van der Waals surface area (Å²) in [5.74, 6) is -2.79. The van der Waals surface area contributed by atoms with Crippen LogP contribution in [0.4, 0.5) is 18.9 Å². The maximum atomic E-state index is 13.6. The van der Waals surface area contributed by atoms with E-state index in [1.54, 1.807) is 0 Å². The van der Waals surface area contributed by atoms with Gasteiger partial charge in [-0.15, -0.1) is 0 Å². The van der Waals surface area contributed by atoms with Crippen LogP contribution in [0.2, 0.25) is 0 Å². The van der Waals surface area contributed by atoms with E-state index in [9.17, 15) is 22.8 Å². The number of alkyl halides is 2. The van der Waals surface area contributed by atoms with Crippen LogP contribution in [0.15, 0.2) is 42.5 Å². The van der Waals surface area contributed by atoms with Gasteiger partial charge in [0.25, 0.3) is 5.91 Å². The van der Waals surface area contributed by atoms with E-state index in [0.29, 0.717) is 0 Å². The third-order valence-electron chi connectivity index (χ3n) is 2.98. The summed E-state index contributed by atoms with van der Waals surface area (Å²) in [6.07, 6.45) is 0. The molecular weight excluding hydrogens is 327 g/mol. The van der Waals surface area contributed by atoms with Crippen molar-refractivity contribution >= 4 is 17.6 Å². The third kappa shape index (κ3) is 4.03. The minimum absolute atomic E-state index is 0.0913. The predicted molar refractivity (Wildman–Crippen MR) is 78.8 cm³/mol. The van der Waals surface area contributed by atoms with Gasteiger partial charge in [0.15, 0.2) is 0 Å². The Balaban J connectivity index is 2.26. The van der Waals surface area contributed by atoms with Crippen molar-refractivity contribution in [2.45, 2.75) is 6.61 Å². The molecule has 0 aliphatic carbocycles. The highest BCUT2D eigenvalue weighted by Crippen LogP contribution is 2.22. The molecule has 2 aromatic carbocycles. The number of carbonyl (C=O) groups is 2. The number of esters is 1. The van der Waals surface area contributed by atoms with Gasteiger partial charge in [0.05, 0.1) is 18.2 Å². The average Bonchev–Trinajstić information content (AvgIpc) is 2.55. The quantitative estimate of drug-likeness (QED) is 0.847. The molecule has 0 radical (unpaired) electrons. The van der Waals surface area contributed by atoms with Crippen molar-refractivity contribution in [1.82, 2.24) is 0 Å². The first-order valence-corrected chi connectivity index (χ1v) is 6.65. The molecule has 0 heterocycles. The van der Waals surface area contributed by atoms with Gasteiger partial charge in [0.1, 0.15) is 11.6 Å². The number of benzene rings is 2. The summed E-state index contributed by atoms with van der Waals surface area (Å²) >= 11 is 0. The zero-order chi connectivity index (χ0) is 17.7. The molecule has 0 aliphatic rings. The van der Waals surface area contributed by atoms with Crippen LogP contribution >= 0.6 is 0 Å². The second-order valence-electron chi connectivity index (χ2n) is 4.51. The Morgan fingerprint density at radius 3 is 2.46 bits per heavy atom. The molecule has 5 nitrogen and oxygen atoms in total. The van der Waals surface area contributed by atoms with E-state index in [4.69, 9.17) is 0 Å². The minimum atomic E-state index is -3.09. The number of amides is 1. The molecule has 2 rings (SSSR count). The molecule has 0 saturated heterocycles. The zero-order valence-electron chi connectivity index (χ0n) is 12.4. The van der Waals surface area contributed by atoms with Crippen molar-refractivity contribution in [3.8, 4) is 5.75 Å². The van der Waals surface area contributed by atoms with Gasteiger partial charge in [-0.3, -0.25) is 4.79 Å². The van der Waals surface area contributed by atoms with Crippen LogP contribution in [-0.2, 0) is 4.74 Å². The molecule has 0 saturated carbocycles. The minimum Gasteiger partial charge on any atom is -0.465 e. The normalized spacial score (nSPS) is 10.4. The Bertz CT molecular complexity index is 765. The molecule has 0 aliphatic heterocycles. The molecule has 8 heteroatoms. The third-order valence-corrected chi connectivity index (χ3v) is 2.98. The van der Waals surface area contributed by atoms with Crippen molar-refractivity contribution in [3.63, 3.8) is 0 Å². The van der Waals surface area contributed by atoms with Crippen LogP contribution in [0.1, 0.15) is 20.7 Å². The van der Waals surface area contributed by atoms with Crippen molar-refractivity contribution < 1.29 is 32.2 Å². The maximum Gasteiger partial charge on any atom is 0.387 e. The monoisotopic (exact) mass is 339 g/mol. The first kappa shape index (κ1) is 17.3. The Morgan fingerprint density at radius 1 is 1.08 bits per heavy atom. The second-order valence-corrected chi connectivity index (χ2v) is 4.51. The van der Waals surface area contributed by atoms with Crippen LogP contribution in [0, 0.1) is 5.82 Å². The van der Waals surface area contributed by atoms with Gasteiger partial charge in [-0.25, -0.2) is 9.18 Å². The van der Waals surface area contributed by atoms with Crippen molar-refractivity contribution in [2.75, 3.05) is 12.4 Å². The predicted octanol–water partition coefficient (Wildman–Crippen LogP) is 3.47. The molecule has 1 amide bonds. The van der Waals surface area contributed by atoms with Gasteiger partial charge in [0, 0.05) is 5.69 Å². The summed E-state index contributed by atoms with van der Waals surface area (Å²) in [5.41, 5.74) is -0.414. The molecule has 0 unspecified atom stereocenters. The molecule has 0 spiro atoms. The van der Waals surface area contributed by atoms with Gasteiger partial charge in [-0.05, 0) is 30.3 Å². The molecule has 2 aromatic rings. The lowest BCUT2D eigenvalue weighted by Crippen LogP contribution is -2.15. The Kier molecular flexibility index (Phi) is 5.41. The smallest absolute Gasteiger partial charge is 0.387 e. The molecular formula is C16H12F3NO4. The number of carbonyl (C=O) groups excluding carboxylic acids is 2. The van der Waals surface area contributed by atoms with E-state index in [1.807, 2.05) is 0 Å². The van der Waals surface area contributed by atoms with Gasteiger partial charge in [-0.2, -0.15) is 8.78 Å². The lowest BCUT2D eigenvalue weighted by Gasteiger charge is -2.11. The lowest BCUT2D eigenvalue weighted by atomic mass is 10.1. The number of hydrogen-bond acceptors (Lipinski definition) is 4. The Hall–Kier alpha value is -3.03. The van der Waals surface area contributed by atoms with E-state index in [0.717, 1.165) is 19.2 Å². The number of nitrogens with one attached hydrogen (secondary N) is 1. The van der Waals surface area contributed by atoms with E-state index in [2.05, 4.69) is 14.8 Å². The highest BCUT2D eigenvalue weighted by atomic mass is 19.3. The molecule has 1 N–H and O–H groups in total. The van der Waals surface area contributed by atoms with Crippen molar-refractivity contribution in [1.29, 1.82) is 0 Å². The molecule has 0 aromatic heterocycles. The van der Waals surface area contributed by atoms with Crippen LogP contribution in [0.25, 0.3) is 0 Å². The van der Waals surface area contributed by atoms with E-state index >= 15 is 0 Å². The molecule has 0 atom stereocenters. The number of ether oxygens (including phenoxy) is 2. The number of halogens is 3. The highest BCUT2D eigenvalue weighted by molar-refractivity contribution is 6.06. The van der Waals surface area contributed by atoms with E-state index < -0.39 is 24.3 Å². The van der Waals surface area contributed by atoms with E-state index in [1.165, 1.54) is 30.3 Å². The fourth-order valence-electron chi connectivity index (χ4n) is 1.92. The van der Waals surface area contributed by atoms with Crippen LogP contribution in [0.5, 0.6) is 5.75 Å². The first-order chi connectivity index (χ1) is 11.4. The fraction of sp³-hybridized carbons (Fsp3) is 0.125. The standard InChI is InChI=1S/C16H12F3NO4/c1-23-15(22)11-8-9(6-7-12(11)17)20-14(21)10-4-2-3-5-13(10)24-16(18)19/h2-8,16H,1H3,(H,20,21). The summed E-state index contributed by atoms with van der Waals surface area (Å²) in [4.78, 5) is 23.6. The number of para-hydroxylation sites is 1. The summed E-state index contributed by atoms with van der Waals surface area (Å²) in [5, 5.41) is 2.38. The molecule has 24 heavy (non-hydrogen) atoms. The average molecular weight is 339 g/mol. The lowest BCUT2D eigenvalue weighted by molar-refractivity contribution is -0.0501. The maximum absolute atomic E-state index is 13.6. The fourth-order valence-corrected chi connectivity index (χ4v) is 1.92. The van der Waals surface area contributed by atoms with Gasteiger partial charge in [0.2, 0.25) is 0 Å². The topological polar surface area (TPSA) is 64.6 Å². The SMILES string of the molecule is COC(=O)c1cc(NC(=O)c2ccccc2OC(F)F)ccc1F. The van der Waals surface area contributed by atoms with Crippen molar-refractivity contribution in [3.05, 3.63) is 59.4 Å². The summed E-state index contributed by atoms with van der Waals surface area (Å²) < 4.78 is 47.0. The number of methoxy groups -OCH3 is 1. The summed E-state index contributed by atoms with van der Waals surface area (Å²) in [6.45, 7) is -3.09. The second kappa shape index (κ2) is 7.49. The first-order valence-electron chi connectivity index (χ1n) is 6.65. The number of rotatable bonds is 5. The van der Waals surface area contributed by atoms with Crippen LogP contribution in [0.3, 0.4) is 0 Å². The molecule has 0 bridgehead atoms. The van der Waals surface area contributed by atoms with E-state index in [-0.39, 0.29) is 22.6 Å². The van der Waals surface area contributed by atoms with Gasteiger partial charge >= 0.3 is 12.6 Å². The van der Waals surface area contributed by atoms with Gasteiger partial charge in [-0.1, -0.05) is 12.1 Å². The summed E-state index contributed by atoms with van der Waals surface area (Å²) in [7, 11) is 1.09.